The number of nitrogen functional groups attached to an aromatic ring is 1. The molecule has 3 N–H and O–H groups in total. The Balaban J connectivity index is 0.00000308. The normalized spacial score (nSPS) is 15.4. The van der Waals surface area contributed by atoms with Crippen molar-refractivity contribution in [2.75, 3.05) is 42.8 Å². The minimum atomic E-state index is -4.03. The Bertz CT molecular complexity index is 1360. The van der Waals surface area contributed by atoms with Gasteiger partial charge in [-0.25, -0.2) is 8.42 Å². The number of nitrogens with one attached hydrogen (secondary N) is 1. The average molecular weight is 641 g/mol. The number of nitrogens with two attached hydrogens (primary N) is 1. The highest BCUT2D eigenvalue weighted by molar-refractivity contribution is 7.93. The molecule has 2 heterocycles. The first-order valence-electron chi connectivity index (χ1n) is 13.6. The monoisotopic (exact) mass is 639 g/mol. The first-order chi connectivity index (χ1) is 19.2. The van der Waals surface area contributed by atoms with E-state index in [0.29, 0.717) is 17.0 Å². The van der Waals surface area contributed by atoms with E-state index >= 15 is 0 Å². The number of anilines is 1. The molecule has 0 saturated carbocycles. The maximum Gasteiger partial charge on any atom is 0.323 e. The molecule has 0 amide bonds. The van der Waals surface area contributed by atoms with Gasteiger partial charge in [0, 0.05) is 44.5 Å². The molecule has 2 aromatic carbocycles. The van der Waals surface area contributed by atoms with Gasteiger partial charge in [0.1, 0.15) is 17.7 Å². The van der Waals surface area contributed by atoms with E-state index in [4.69, 9.17) is 20.6 Å². The lowest BCUT2D eigenvalue weighted by molar-refractivity contribution is -0.139. The van der Waals surface area contributed by atoms with Crippen LogP contribution in [0, 0.1) is 5.41 Å². The molecule has 0 radical (unpaired) electrons. The summed E-state index contributed by atoms with van der Waals surface area (Å²) in [5, 5.41) is 7.62. The summed E-state index contributed by atoms with van der Waals surface area (Å²) in [7, 11) is -4.03. The van der Waals surface area contributed by atoms with Gasteiger partial charge in [0.15, 0.2) is 5.75 Å². The zero-order chi connectivity index (χ0) is 28.5. The van der Waals surface area contributed by atoms with Gasteiger partial charge in [-0.1, -0.05) is 30.4 Å². The number of sulfonamides is 1. The van der Waals surface area contributed by atoms with Crippen molar-refractivity contribution in [3.05, 3.63) is 65.7 Å². The summed E-state index contributed by atoms with van der Waals surface area (Å²) in [6, 6.07) is 14.0. The van der Waals surface area contributed by atoms with Crippen LogP contribution in [0.1, 0.15) is 43.7 Å². The van der Waals surface area contributed by atoms with Crippen LogP contribution in [0.25, 0.3) is 6.08 Å². The highest BCUT2D eigenvalue weighted by Gasteiger charge is 2.27. The molecular formula is C29H39Cl2N5O5S. The molecular weight excluding hydrogens is 601 g/mol. The van der Waals surface area contributed by atoms with E-state index in [2.05, 4.69) is 9.89 Å². The van der Waals surface area contributed by atoms with Gasteiger partial charge in [-0.15, -0.1) is 24.8 Å². The smallest absolute Gasteiger partial charge is 0.323 e. The Morgan fingerprint density at radius 1 is 1.17 bits per heavy atom. The largest absolute Gasteiger partial charge is 0.490 e. The molecule has 0 spiro atoms. The van der Waals surface area contributed by atoms with Crippen LogP contribution >= 0.6 is 24.8 Å². The molecule has 230 valence electrons. The number of nitrogens with zero attached hydrogens (tertiary/aromatic N) is 3. The highest BCUT2D eigenvalue weighted by atomic mass is 35.5. The van der Waals surface area contributed by atoms with E-state index in [9.17, 15) is 13.2 Å². The number of likely N-dealkylation sites (tertiary alicyclic amines) is 1. The molecule has 1 fully saturated rings. The summed E-state index contributed by atoms with van der Waals surface area (Å²) < 4.78 is 38.8. The Labute approximate surface area is 260 Å². The van der Waals surface area contributed by atoms with Crippen molar-refractivity contribution in [1.29, 1.82) is 5.41 Å². The van der Waals surface area contributed by atoms with Crippen LogP contribution < -0.4 is 14.8 Å². The molecule has 0 atom stereocenters. The number of piperidine rings is 1. The first-order valence-corrected chi connectivity index (χ1v) is 15.2. The van der Waals surface area contributed by atoms with Gasteiger partial charge in [-0.3, -0.25) is 19.5 Å². The van der Waals surface area contributed by atoms with Crippen LogP contribution in [0.3, 0.4) is 0 Å². The van der Waals surface area contributed by atoms with Crippen molar-refractivity contribution >= 4 is 64.2 Å². The van der Waals surface area contributed by atoms with Crippen LogP contribution in [0.4, 0.5) is 5.69 Å². The lowest BCUT2D eigenvalue weighted by Crippen LogP contribution is -2.41. The molecule has 2 aromatic rings. The molecule has 10 nitrogen and oxygen atoms in total. The van der Waals surface area contributed by atoms with Crippen LogP contribution in [0.2, 0.25) is 0 Å². The van der Waals surface area contributed by atoms with Crippen molar-refractivity contribution < 1.29 is 22.7 Å². The Morgan fingerprint density at radius 2 is 1.88 bits per heavy atom. The van der Waals surface area contributed by atoms with E-state index in [-0.39, 0.29) is 49.9 Å². The number of carbonyl (C=O) groups excluding carboxylic acids is 1. The van der Waals surface area contributed by atoms with Crippen LogP contribution in [0.5, 0.6) is 5.75 Å². The van der Waals surface area contributed by atoms with Gasteiger partial charge in [0.05, 0.1) is 24.7 Å². The Hall–Kier alpha value is -3.28. The fraction of sp³-hybridized carbons (Fsp3) is 0.414. The topological polar surface area (TPSA) is 138 Å². The van der Waals surface area contributed by atoms with Crippen LogP contribution in [-0.2, 0) is 19.6 Å². The number of amidine groups is 2. The number of carbonyl (C=O) groups is 1. The van der Waals surface area contributed by atoms with Crippen LogP contribution in [0.15, 0.2) is 59.6 Å². The van der Waals surface area contributed by atoms with Crippen LogP contribution in [-0.4, -0.2) is 75.6 Å². The molecule has 0 bridgehead atoms. The summed E-state index contributed by atoms with van der Waals surface area (Å²) in [5.41, 5.74) is 7.33. The predicted molar refractivity (Wildman–Crippen MR) is 172 cm³/mol. The minimum absolute atomic E-state index is 0. The molecule has 1 saturated heterocycles. The summed E-state index contributed by atoms with van der Waals surface area (Å²) in [6.45, 7) is 4.49. The van der Waals surface area contributed by atoms with Crippen molar-refractivity contribution in [3.63, 3.8) is 0 Å². The second kappa shape index (κ2) is 16.4. The number of ether oxygens (including phenoxy) is 2. The van der Waals surface area contributed by atoms with E-state index in [1.54, 1.807) is 61.5 Å². The van der Waals surface area contributed by atoms with Gasteiger partial charge in [0.25, 0.3) is 0 Å². The van der Waals surface area contributed by atoms with Crippen molar-refractivity contribution in [2.45, 2.75) is 38.7 Å². The highest BCUT2D eigenvalue weighted by Crippen LogP contribution is 2.26. The summed E-state index contributed by atoms with van der Waals surface area (Å²) in [5.74, 6) is 0.258. The van der Waals surface area contributed by atoms with Gasteiger partial charge in [-0.2, -0.15) is 0 Å². The zero-order valence-electron chi connectivity index (χ0n) is 23.6. The molecule has 0 aromatic heterocycles. The van der Waals surface area contributed by atoms with Gasteiger partial charge in [-0.05, 0) is 49.2 Å². The van der Waals surface area contributed by atoms with Crippen molar-refractivity contribution in [2.24, 2.45) is 10.7 Å². The molecule has 0 aliphatic carbocycles. The molecule has 13 heteroatoms. The third-order valence-corrected chi connectivity index (χ3v) is 8.44. The number of hydrogen-bond donors (Lipinski definition) is 2. The van der Waals surface area contributed by atoms with Gasteiger partial charge in [0.2, 0.25) is 10.0 Å². The second-order valence-corrected chi connectivity index (χ2v) is 11.6. The fourth-order valence-electron chi connectivity index (χ4n) is 4.80. The summed E-state index contributed by atoms with van der Waals surface area (Å²) in [4.78, 5) is 19.0. The number of esters is 1. The quantitative estimate of drug-likeness (QED) is 0.213. The molecule has 4 rings (SSSR count). The lowest BCUT2D eigenvalue weighted by atomic mass is 10.1. The van der Waals surface area contributed by atoms with E-state index in [1.165, 1.54) is 10.1 Å². The molecule has 2 aliphatic rings. The second-order valence-electron chi connectivity index (χ2n) is 9.73. The number of benzene rings is 2. The Morgan fingerprint density at radius 3 is 2.50 bits per heavy atom. The lowest BCUT2D eigenvalue weighted by Gasteiger charge is -2.33. The SMILES string of the molecule is CCOC(=O)CS(=O)(=O)N(C/C=C/c1cccc(C(=N)N)c1)c1ccc(OC2CCN(C3=NCCC3)CC2)cc1.Cl.Cl. The zero-order valence-corrected chi connectivity index (χ0v) is 26.1. The first kappa shape index (κ1) is 34.9. The van der Waals surface area contributed by atoms with Crippen molar-refractivity contribution in [3.8, 4) is 5.75 Å². The fourth-order valence-corrected chi connectivity index (χ4v) is 6.09. The maximum absolute atomic E-state index is 13.2. The average Bonchev–Trinajstić information content (AvgIpc) is 3.47. The van der Waals surface area contributed by atoms with E-state index in [1.807, 2.05) is 6.07 Å². The number of rotatable bonds is 11. The number of aliphatic imine (C=N–C) groups is 1. The maximum atomic E-state index is 13.2. The standard InChI is InChI=1S/C29H37N5O5S.2ClH/c1-2-38-28(35)21-40(36,37)34(17-5-7-22-6-3-8-23(20-22)29(30)31)24-10-12-25(13-11-24)39-26-14-18-33(19-15-26)27-9-4-16-32-27;;/h3,5-8,10-13,20,26H,2,4,9,14-19,21H2,1H3,(H3,30,31);2*1H/b7-5+;;. The van der Waals surface area contributed by atoms with E-state index in [0.717, 1.165) is 50.9 Å². The minimum Gasteiger partial charge on any atom is -0.490 e. The molecule has 2 aliphatic heterocycles. The third-order valence-electron chi connectivity index (χ3n) is 6.81. The Kier molecular flexibility index (Phi) is 13.6. The summed E-state index contributed by atoms with van der Waals surface area (Å²) in [6.07, 6.45) is 7.51. The predicted octanol–water partition coefficient (Wildman–Crippen LogP) is 4.26. The molecule has 42 heavy (non-hydrogen) atoms. The van der Waals surface area contributed by atoms with Crippen molar-refractivity contribution in [1.82, 2.24) is 4.90 Å². The van der Waals surface area contributed by atoms with Gasteiger partial charge < -0.3 is 20.1 Å². The number of halogens is 2. The van der Waals surface area contributed by atoms with Gasteiger partial charge >= 0.3 is 5.97 Å². The molecule has 0 unspecified atom stereocenters. The summed E-state index contributed by atoms with van der Waals surface area (Å²) >= 11 is 0. The third kappa shape index (κ3) is 9.64. The van der Waals surface area contributed by atoms with E-state index < -0.39 is 21.7 Å². The number of hydrogen-bond acceptors (Lipinski definition) is 8.